The number of carbonyl (C=O) groups is 2. The van der Waals surface area contributed by atoms with Gasteiger partial charge in [0.25, 0.3) is 5.91 Å². The van der Waals surface area contributed by atoms with Crippen molar-refractivity contribution in [2.45, 2.75) is 38.6 Å². The molecule has 3 aromatic rings. The Morgan fingerprint density at radius 1 is 0.967 bits per heavy atom. The zero-order chi connectivity index (χ0) is 21.6. The summed E-state index contributed by atoms with van der Waals surface area (Å²) in [7, 11) is 0. The van der Waals surface area contributed by atoms with E-state index < -0.39 is 17.4 Å². The van der Waals surface area contributed by atoms with Crippen LogP contribution >= 0.6 is 0 Å². The van der Waals surface area contributed by atoms with E-state index in [4.69, 9.17) is 0 Å². The van der Waals surface area contributed by atoms with E-state index in [1.807, 2.05) is 48.5 Å². The van der Waals surface area contributed by atoms with Crippen molar-refractivity contribution in [1.29, 1.82) is 0 Å². The average Bonchev–Trinajstić information content (AvgIpc) is 2.73. The second kappa shape index (κ2) is 9.28. The molecule has 1 amide bonds. The lowest BCUT2D eigenvalue weighted by Crippen LogP contribution is -2.49. The summed E-state index contributed by atoms with van der Waals surface area (Å²) < 4.78 is 0. The molecular formula is C26H25NO3. The Morgan fingerprint density at radius 2 is 1.67 bits per heavy atom. The predicted molar refractivity (Wildman–Crippen MR) is 119 cm³/mol. The Bertz CT molecular complexity index is 1120. The van der Waals surface area contributed by atoms with E-state index in [1.165, 1.54) is 19.4 Å². The first-order valence-electron chi connectivity index (χ1n) is 9.99. The van der Waals surface area contributed by atoms with Crippen LogP contribution in [0.25, 0.3) is 10.8 Å². The van der Waals surface area contributed by atoms with Crippen LogP contribution in [0.5, 0.6) is 0 Å². The highest BCUT2D eigenvalue weighted by Crippen LogP contribution is 2.23. The van der Waals surface area contributed by atoms with Gasteiger partial charge in [-0.15, -0.1) is 0 Å². The number of fused-ring (bicyclic) bond motifs is 1. The molecule has 0 bridgehead atoms. The lowest BCUT2D eigenvalue weighted by Gasteiger charge is -2.21. The van der Waals surface area contributed by atoms with Gasteiger partial charge < -0.3 is 10.4 Å². The molecule has 4 nitrogen and oxygen atoms in total. The highest BCUT2D eigenvalue weighted by atomic mass is 16.4. The van der Waals surface area contributed by atoms with Crippen molar-refractivity contribution in [3.63, 3.8) is 0 Å². The van der Waals surface area contributed by atoms with Gasteiger partial charge in [-0.3, -0.25) is 4.79 Å². The van der Waals surface area contributed by atoms with Gasteiger partial charge in [0, 0.05) is 12.0 Å². The van der Waals surface area contributed by atoms with Gasteiger partial charge >= 0.3 is 5.97 Å². The van der Waals surface area contributed by atoms with Gasteiger partial charge in [0.15, 0.2) is 0 Å². The lowest BCUT2D eigenvalue weighted by atomic mass is 9.97. The summed E-state index contributed by atoms with van der Waals surface area (Å²) in [5.74, 6) is 4.84. The Labute approximate surface area is 176 Å². The molecule has 0 aromatic heterocycles. The van der Waals surface area contributed by atoms with E-state index in [-0.39, 0.29) is 0 Å². The van der Waals surface area contributed by atoms with Crippen LogP contribution in [0.15, 0.2) is 66.7 Å². The molecule has 0 fully saturated rings. The van der Waals surface area contributed by atoms with Gasteiger partial charge in [-0.25, -0.2) is 4.79 Å². The highest BCUT2D eigenvalue weighted by molar-refractivity contribution is 6.04. The Kier molecular flexibility index (Phi) is 6.54. The summed E-state index contributed by atoms with van der Waals surface area (Å²) in [5, 5.41) is 13.8. The number of aliphatic carboxylic acids is 1. The fourth-order valence-electron chi connectivity index (χ4n) is 3.18. The van der Waals surface area contributed by atoms with E-state index in [0.29, 0.717) is 17.5 Å². The topological polar surface area (TPSA) is 66.4 Å². The summed E-state index contributed by atoms with van der Waals surface area (Å²) in [5.41, 5.74) is 0.925. The first-order valence-corrected chi connectivity index (χ1v) is 9.99. The molecule has 4 heteroatoms. The summed E-state index contributed by atoms with van der Waals surface area (Å²) in [4.78, 5) is 24.3. The van der Waals surface area contributed by atoms with Crippen LogP contribution in [0.1, 0.15) is 48.2 Å². The number of hydrogen-bond acceptors (Lipinski definition) is 2. The van der Waals surface area contributed by atoms with Crippen molar-refractivity contribution < 1.29 is 14.7 Å². The summed E-state index contributed by atoms with van der Waals surface area (Å²) in [6.07, 6.45) is 2.58. The molecule has 0 atom stereocenters. The van der Waals surface area contributed by atoms with Crippen LogP contribution in [0.2, 0.25) is 0 Å². The average molecular weight is 399 g/mol. The normalized spacial score (nSPS) is 10.9. The van der Waals surface area contributed by atoms with Crippen LogP contribution < -0.4 is 5.32 Å². The van der Waals surface area contributed by atoms with E-state index in [9.17, 15) is 14.7 Å². The number of amides is 1. The fourth-order valence-corrected chi connectivity index (χ4v) is 3.18. The second-order valence-electron chi connectivity index (χ2n) is 7.73. The van der Waals surface area contributed by atoms with Crippen LogP contribution in [-0.2, 0) is 11.2 Å². The van der Waals surface area contributed by atoms with Gasteiger partial charge in [-0.05, 0) is 49.1 Å². The SMILES string of the molecule is CC(C)(NC(=O)c1ccc2ccccc2c1C#CCCCc1ccccc1)C(=O)O. The van der Waals surface area contributed by atoms with E-state index in [0.717, 1.165) is 23.6 Å². The number of benzene rings is 3. The monoisotopic (exact) mass is 399 g/mol. The molecule has 30 heavy (non-hydrogen) atoms. The summed E-state index contributed by atoms with van der Waals surface area (Å²) in [6.45, 7) is 2.92. The predicted octanol–water partition coefficient (Wildman–Crippen LogP) is 4.81. The minimum atomic E-state index is -1.37. The first-order chi connectivity index (χ1) is 14.4. The van der Waals surface area contributed by atoms with Crippen LogP contribution in [0.4, 0.5) is 0 Å². The molecule has 152 valence electrons. The number of carboxylic acids is 1. The molecule has 2 N–H and O–H groups in total. The quantitative estimate of drug-likeness (QED) is 0.462. The van der Waals surface area contributed by atoms with Crippen molar-refractivity contribution in [3.05, 3.63) is 83.4 Å². The standard InChI is InChI=1S/C26H25NO3/c1-26(2,25(29)30)27-24(28)23-18-17-20-14-9-10-15-21(20)22(23)16-8-4-7-13-19-11-5-3-6-12-19/h3,5-6,9-12,14-15,17-18H,4,7,13H2,1-2H3,(H,27,28)(H,29,30). The number of rotatable bonds is 6. The van der Waals surface area contributed by atoms with Crippen molar-refractivity contribution >= 4 is 22.6 Å². The smallest absolute Gasteiger partial charge is 0.328 e. The number of nitrogens with one attached hydrogen (secondary N) is 1. The molecule has 0 radical (unpaired) electrons. The number of carbonyl (C=O) groups excluding carboxylic acids is 1. The van der Waals surface area contributed by atoms with Gasteiger partial charge in [0.05, 0.1) is 5.56 Å². The first kappa shape index (κ1) is 21.1. The second-order valence-corrected chi connectivity index (χ2v) is 7.73. The molecule has 0 aliphatic rings. The van der Waals surface area contributed by atoms with E-state index in [1.54, 1.807) is 6.07 Å². The minimum Gasteiger partial charge on any atom is -0.480 e. The molecule has 0 aliphatic heterocycles. The van der Waals surface area contributed by atoms with Crippen LogP contribution in [0, 0.1) is 11.8 Å². The Morgan fingerprint density at radius 3 is 2.40 bits per heavy atom. The maximum atomic E-state index is 12.9. The van der Waals surface area contributed by atoms with E-state index in [2.05, 4.69) is 29.3 Å². The number of aryl methyl sites for hydroxylation is 1. The van der Waals surface area contributed by atoms with Gasteiger partial charge in [0.2, 0.25) is 0 Å². The molecular weight excluding hydrogens is 374 g/mol. The third-order valence-electron chi connectivity index (χ3n) is 4.96. The van der Waals surface area contributed by atoms with Gasteiger partial charge in [0.1, 0.15) is 5.54 Å². The highest BCUT2D eigenvalue weighted by Gasteiger charge is 2.30. The van der Waals surface area contributed by atoms with Gasteiger partial charge in [-0.1, -0.05) is 72.5 Å². The number of hydrogen-bond donors (Lipinski definition) is 2. The molecule has 3 rings (SSSR count). The molecule has 0 aliphatic carbocycles. The zero-order valence-electron chi connectivity index (χ0n) is 17.2. The molecule has 0 spiro atoms. The van der Waals surface area contributed by atoms with Crippen molar-refractivity contribution in [2.75, 3.05) is 0 Å². The van der Waals surface area contributed by atoms with Crippen LogP contribution in [-0.4, -0.2) is 22.5 Å². The molecule has 0 saturated carbocycles. The number of carboxylic acid groups (broad SMARTS) is 1. The Hall–Kier alpha value is -3.58. The molecule has 3 aromatic carbocycles. The third kappa shape index (κ3) is 5.07. The third-order valence-corrected chi connectivity index (χ3v) is 4.96. The minimum absolute atomic E-state index is 0.388. The maximum Gasteiger partial charge on any atom is 0.328 e. The molecule has 0 heterocycles. The molecule has 0 saturated heterocycles. The van der Waals surface area contributed by atoms with Crippen molar-refractivity contribution in [1.82, 2.24) is 5.32 Å². The summed E-state index contributed by atoms with van der Waals surface area (Å²) in [6, 6.07) is 21.6. The van der Waals surface area contributed by atoms with E-state index >= 15 is 0 Å². The zero-order valence-corrected chi connectivity index (χ0v) is 17.2. The van der Waals surface area contributed by atoms with Gasteiger partial charge in [-0.2, -0.15) is 0 Å². The Balaban J connectivity index is 1.85. The van der Waals surface area contributed by atoms with Crippen LogP contribution in [0.3, 0.4) is 0 Å². The maximum absolute atomic E-state index is 12.9. The summed E-state index contributed by atoms with van der Waals surface area (Å²) >= 11 is 0. The largest absolute Gasteiger partial charge is 0.480 e. The fraction of sp³-hybridized carbons (Fsp3) is 0.231. The lowest BCUT2D eigenvalue weighted by molar-refractivity contribution is -0.143. The van der Waals surface area contributed by atoms with Crippen molar-refractivity contribution in [3.8, 4) is 11.8 Å². The van der Waals surface area contributed by atoms with Crippen molar-refractivity contribution in [2.24, 2.45) is 0 Å². The molecule has 0 unspecified atom stereocenters. The number of unbranched alkanes of at least 4 members (excludes halogenated alkanes) is 1.